The fourth-order valence-corrected chi connectivity index (χ4v) is 3.50. The van der Waals surface area contributed by atoms with Gasteiger partial charge in [0.15, 0.2) is 5.69 Å². The minimum atomic E-state index is -0.314. The smallest absolute Gasteiger partial charge is 0.272 e. The van der Waals surface area contributed by atoms with Gasteiger partial charge in [-0.3, -0.25) is 9.59 Å². The van der Waals surface area contributed by atoms with Crippen molar-refractivity contribution in [2.24, 2.45) is 0 Å². The molecule has 3 aromatic rings. The van der Waals surface area contributed by atoms with Crippen LogP contribution in [0.25, 0.3) is 10.8 Å². The number of benzene rings is 2. The van der Waals surface area contributed by atoms with Crippen molar-refractivity contribution in [3.63, 3.8) is 0 Å². The van der Waals surface area contributed by atoms with E-state index >= 15 is 0 Å². The van der Waals surface area contributed by atoms with E-state index in [0.29, 0.717) is 10.8 Å². The van der Waals surface area contributed by atoms with E-state index in [4.69, 9.17) is 0 Å². The van der Waals surface area contributed by atoms with Crippen LogP contribution in [0.3, 0.4) is 0 Å². The SMILES string of the molecule is O=C(NC1CCN(c2cccc(F)c2)CC1)c1n[nH]c(=O)c2ccccc12. The number of H-pyrrole nitrogens is 1. The van der Waals surface area contributed by atoms with Crippen LogP contribution in [0.2, 0.25) is 0 Å². The van der Waals surface area contributed by atoms with Gasteiger partial charge in [0.1, 0.15) is 5.82 Å². The molecule has 2 N–H and O–H groups in total. The number of carbonyl (C=O) groups is 1. The quantitative estimate of drug-likeness (QED) is 0.746. The minimum absolute atomic E-state index is 0.00907. The lowest BCUT2D eigenvalue weighted by Crippen LogP contribution is -2.45. The summed E-state index contributed by atoms with van der Waals surface area (Å²) in [5.74, 6) is -0.550. The first-order valence-electron chi connectivity index (χ1n) is 8.90. The van der Waals surface area contributed by atoms with Crippen molar-refractivity contribution in [2.45, 2.75) is 18.9 Å². The number of fused-ring (bicyclic) bond motifs is 1. The van der Waals surface area contributed by atoms with Gasteiger partial charge >= 0.3 is 0 Å². The van der Waals surface area contributed by atoms with Crippen LogP contribution in [0.1, 0.15) is 23.3 Å². The Labute approximate surface area is 155 Å². The van der Waals surface area contributed by atoms with Crippen molar-refractivity contribution in [3.05, 3.63) is 70.4 Å². The maximum Gasteiger partial charge on any atom is 0.272 e. The Balaban J connectivity index is 1.45. The molecule has 1 saturated heterocycles. The first-order chi connectivity index (χ1) is 13.1. The standard InChI is InChI=1S/C20H19FN4O2/c21-13-4-3-5-15(12-13)25-10-8-14(9-11-25)22-20(27)18-16-6-1-2-7-17(16)19(26)24-23-18/h1-7,12,14H,8-11H2,(H,22,27)(H,24,26). The van der Waals surface area contributed by atoms with Crippen LogP contribution in [-0.4, -0.2) is 35.2 Å². The molecule has 7 heteroatoms. The molecule has 0 spiro atoms. The summed E-state index contributed by atoms with van der Waals surface area (Å²) in [6.07, 6.45) is 1.51. The van der Waals surface area contributed by atoms with Crippen molar-refractivity contribution < 1.29 is 9.18 Å². The van der Waals surface area contributed by atoms with Gasteiger partial charge in [-0.1, -0.05) is 24.3 Å². The largest absolute Gasteiger partial charge is 0.371 e. The van der Waals surface area contributed by atoms with Crippen molar-refractivity contribution in [3.8, 4) is 0 Å². The Morgan fingerprint density at radius 2 is 1.85 bits per heavy atom. The Bertz CT molecular complexity index is 1040. The number of hydrogen-bond acceptors (Lipinski definition) is 4. The number of piperidine rings is 1. The average molecular weight is 366 g/mol. The van der Waals surface area contributed by atoms with Crippen LogP contribution >= 0.6 is 0 Å². The van der Waals surface area contributed by atoms with E-state index in [1.807, 2.05) is 6.07 Å². The van der Waals surface area contributed by atoms with Gasteiger partial charge in [-0.2, -0.15) is 5.10 Å². The predicted octanol–water partition coefficient (Wildman–Crippen LogP) is 2.46. The van der Waals surface area contributed by atoms with Crippen LogP contribution < -0.4 is 15.8 Å². The van der Waals surface area contributed by atoms with Crippen molar-refractivity contribution in [1.82, 2.24) is 15.5 Å². The van der Waals surface area contributed by atoms with Gasteiger partial charge in [-0.15, -0.1) is 0 Å². The zero-order chi connectivity index (χ0) is 18.8. The monoisotopic (exact) mass is 366 g/mol. The molecule has 27 heavy (non-hydrogen) atoms. The van der Waals surface area contributed by atoms with Crippen molar-refractivity contribution in [2.75, 3.05) is 18.0 Å². The fraction of sp³-hybridized carbons (Fsp3) is 0.250. The van der Waals surface area contributed by atoms with Crippen LogP contribution in [0.15, 0.2) is 53.3 Å². The summed E-state index contributed by atoms with van der Waals surface area (Å²) in [6.45, 7) is 1.46. The lowest BCUT2D eigenvalue weighted by atomic mass is 10.0. The van der Waals surface area contributed by atoms with Gasteiger partial charge in [-0.05, 0) is 37.1 Å². The van der Waals surface area contributed by atoms with E-state index in [1.54, 1.807) is 30.3 Å². The molecule has 0 radical (unpaired) electrons. The third-order valence-corrected chi connectivity index (χ3v) is 4.91. The molecule has 4 rings (SSSR count). The van der Waals surface area contributed by atoms with Gasteiger partial charge in [0.25, 0.3) is 11.5 Å². The average Bonchev–Trinajstić information content (AvgIpc) is 2.69. The van der Waals surface area contributed by atoms with Gasteiger partial charge in [0.2, 0.25) is 0 Å². The summed E-state index contributed by atoms with van der Waals surface area (Å²) in [5, 5.41) is 10.3. The zero-order valence-electron chi connectivity index (χ0n) is 14.6. The number of aromatic amines is 1. The minimum Gasteiger partial charge on any atom is -0.371 e. The maximum absolute atomic E-state index is 13.4. The normalized spacial score (nSPS) is 15.1. The molecule has 1 aromatic heterocycles. The molecule has 1 aliphatic heterocycles. The van der Waals surface area contributed by atoms with Crippen LogP contribution in [0.4, 0.5) is 10.1 Å². The topological polar surface area (TPSA) is 78.1 Å². The number of halogens is 1. The zero-order valence-corrected chi connectivity index (χ0v) is 14.6. The first kappa shape index (κ1) is 17.2. The lowest BCUT2D eigenvalue weighted by Gasteiger charge is -2.34. The first-order valence-corrected chi connectivity index (χ1v) is 8.90. The molecular formula is C20H19FN4O2. The Hall–Kier alpha value is -3.22. The Kier molecular flexibility index (Phi) is 4.58. The highest BCUT2D eigenvalue weighted by Crippen LogP contribution is 2.21. The predicted molar refractivity (Wildman–Crippen MR) is 101 cm³/mol. The van der Waals surface area contributed by atoms with E-state index in [1.165, 1.54) is 12.1 Å². The number of rotatable bonds is 3. The van der Waals surface area contributed by atoms with Gasteiger partial charge < -0.3 is 10.2 Å². The van der Waals surface area contributed by atoms with Crippen LogP contribution in [0, 0.1) is 5.82 Å². The molecule has 0 aliphatic carbocycles. The number of aromatic nitrogens is 2. The highest BCUT2D eigenvalue weighted by molar-refractivity contribution is 6.04. The molecule has 0 atom stereocenters. The highest BCUT2D eigenvalue weighted by Gasteiger charge is 2.23. The van der Waals surface area contributed by atoms with E-state index in [9.17, 15) is 14.0 Å². The van der Waals surface area contributed by atoms with Gasteiger partial charge in [-0.25, -0.2) is 9.49 Å². The lowest BCUT2D eigenvalue weighted by molar-refractivity contribution is 0.0927. The number of carbonyl (C=O) groups excluding carboxylic acids is 1. The van der Waals surface area contributed by atoms with E-state index in [2.05, 4.69) is 20.4 Å². The molecule has 0 unspecified atom stereocenters. The maximum atomic E-state index is 13.4. The molecule has 1 amide bonds. The van der Waals surface area contributed by atoms with Crippen LogP contribution in [-0.2, 0) is 0 Å². The van der Waals surface area contributed by atoms with E-state index in [0.717, 1.165) is 31.6 Å². The summed E-state index contributed by atoms with van der Waals surface area (Å²) >= 11 is 0. The molecule has 2 heterocycles. The van der Waals surface area contributed by atoms with Crippen LogP contribution in [0.5, 0.6) is 0 Å². The van der Waals surface area contributed by atoms with Crippen molar-refractivity contribution in [1.29, 1.82) is 0 Å². The van der Waals surface area contributed by atoms with Gasteiger partial charge in [0, 0.05) is 30.2 Å². The highest BCUT2D eigenvalue weighted by atomic mass is 19.1. The molecule has 1 aliphatic rings. The molecular weight excluding hydrogens is 347 g/mol. The number of amides is 1. The molecule has 138 valence electrons. The molecule has 1 fully saturated rings. The molecule has 0 bridgehead atoms. The number of nitrogens with one attached hydrogen (secondary N) is 2. The molecule has 6 nitrogen and oxygen atoms in total. The molecule has 0 saturated carbocycles. The second kappa shape index (κ2) is 7.19. The number of anilines is 1. The Morgan fingerprint density at radius 3 is 2.59 bits per heavy atom. The number of hydrogen-bond donors (Lipinski definition) is 2. The van der Waals surface area contributed by atoms with Crippen molar-refractivity contribution >= 4 is 22.4 Å². The Morgan fingerprint density at radius 1 is 1.11 bits per heavy atom. The molecule has 2 aromatic carbocycles. The summed E-state index contributed by atoms with van der Waals surface area (Å²) in [7, 11) is 0. The van der Waals surface area contributed by atoms with E-state index < -0.39 is 0 Å². The fourth-order valence-electron chi connectivity index (χ4n) is 3.50. The second-order valence-electron chi connectivity index (χ2n) is 6.66. The summed E-state index contributed by atoms with van der Waals surface area (Å²) < 4.78 is 13.4. The second-order valence-corrected chi connectivity index (χ2v) is 6.66. The third kappa shape index (κ3) is 3.53. The third-order valence-electron chi connectivity index (χ3n) is 4.91. The summed E-state index contributed by atoms with van der Waals surface area (Å²) in [4.78, 5) is 26.6. The summed E-state index contributed by atoms with van der Waals surface area (Å²) in [5.41, 5.74) is 0.761. The van der Waals surface area contributed by atoms with E-state index in [-0.39, 0.29) is 29.0 Å². The van der Waals surface area contributed by atoms with Gasteiger partial charge in [0.05, 0.1) is 5.39 Å². The summed E-state index contributed by atoms with van der Waals surface area (Å²) in [6, 6.07) is 13.5. The number of nitrogens with zero attached hydrogens (tertiary/aromatic N) is 2.